The highest BCUT2D eigenvalue weighted by atomic mass is 16.5. The fraction of sp³-hybridized carbons (Fsp3) is 0.562. The number of amides is 2. The van der Waals surface area contributed by atoms with Gasteiger partial charge in [0, 0.05) is 19.1 Å². The average Bonchev–Trinajstić information content (AvgIpc) is 3.01. The lowest BCUT2D eigenvalue weighted by molar-refractivity contribution is 0.123. The van der Waals surface area contributed by atoms with Gasteiger partial charge in [0.15, 0.2) is 0 Å². The first-order valence-electron chi connectivity index (χ1n) is 7.82. The summed E-state index contributed by atoms with van der Waals surface area (Å²) in [6.07, 6.45) is 4.63. The third-order valence-corrected chi connectivity index (χ3v) is 4.19. The Bertz CT molecular complexity index is 480. The zero-order chi connectivity index (χ0) is 14.5. The zero-order valence-corrected chi connectivity index (χ0v) is 12.3. The number of para-hydroxylation sites is 2. The minimum absolute atomic E-state index is 0.0948. The number of benzene rings is 1. The van der Waals surface area contributed by atoms with Crippen molar-refractivity contribution in [3.8, 4) is 0 Å². The number of rotatable bonds is 3. The van der Waals surface area contributed by atoms with Crippen LogP contribution in [0.4, 0.5) is 16.2 Å². The number of carbonyl (C=O) groups is 1. The van der Waals surface area contributed by atoms with E-state index in [1.54, 1.807) is 0 Å². The highest BCUT2D eigenvalue weighted by molar-refractivity contribution is 5.93. The van der Waals surface area contributed by atoms with Gasteiger partial charge in [-0.2, -0.15) is 0 Å². The number of ether oxygens (including phenoxy) is 1. The molecule has 0 atom stereocenters. The topological polar surface area (TPSA) is 53.6 Å². The maximum atomic E-state index is 12.1. The summed E-state index contributed by atoms with van der Waals surface area (Å²) in [4.78, 5) is 14.4. The quantitative estimate of drug-likeness (QED) is 0.899. The Labute approximate surface area is 125 Å². The Balaban J connectivity index is 1.65. The van der Waals surface area contributed by atoms with Crippen molar-refractivity contribution in [3.63, 3.8) is 0 Å². The van der Waals surface area contributed by atoms with Crippen molar-refractivity contribution in [1.29, 1.82) is 0 Å². The van der Waals surface area contributed by atoms with E-state index in [9.17, 15) is 4.79 Å². The summed E-state index contributed by atoms with van der Waals surface area (Å²) in [7, 11) is 0. The van der Waals surface area contributed by atoms with Crippen molar-refractivity contribution in [2.45, 2.75) is 31.7 Å². The molecule has 2 amide bonds. The van der Waals surface area contributed by atoms with E-state index in [2.05, 4.69) is 21.6 Å². The van der Waals surface area contributed by atoms with Crippen LogP contribution in [-0.2, 0) is 4.74 Å². The van der Waals surface area contributed by atoms with Crippen molar-refractivity contribution >= 4 is 17.4 Å². The van der Waals surface area contributed by atoms with E-state index < -0.39 is 0 Å². The molecule has 0 aromatic heterocycles. The summed E-state index contributed by atoms with van der Waals surface area (Å²) in [6.45, 7) is 3.21. The molecule has 5 heteroatoms. The van der Waals surface area contributed by atoms with E-state index in [4.69, 9.17) is 4.74 Å². The number of urea groups is 1. The van der Waals surface area contributed by atoms with Crippen LogP contribution in [0.1, 0.15) is 25.7 Å². The maximum absolute atomic E-state index is 12.1. The van der Waals surface area contributed by atoms with Crippen LogP contribution in [0.3, 0.4) is 0 Å². The van der Waals surface area contributed by atoms with Gasteiger partial charge >= 0.3 is 6.03 Å². The van der Waals surface area contributed by atoms with Crippen molar-refractivity contribution < 1.29 is 9.53 Å². The van der Waals surface area contributed by atoms with E-state index in [0.29, 0.717) is 6.04 Å². The minimum Gasteiger partial charge on any atom is -0.378 e. The van der Waals surface area contributed by atoms with Gasteiger partial charge in [-0.3, -0.25) is 0 Å². The molecule has 0 spiro atoms. The Morgan fingerprint density at radius 3 is 2.62 bits per heavy atom. The fourth-order valence-corrected chi connectivity index (χ4v) is 3.07. The molecule has 1 saturated carbocycles. The molecule has 2 aliphatic rings. The molecule has 1 aromatic carbocycles. The number of nitrogens with zero attached hydrogens (tertiary/aromatic N) is 1. The standard InChI is InChI=1S/C16H23N3O2/c20-16(17-13-5-1-2-6-13)18-14-7-3-4-8-15(14)19-9-11-21-12-10-19/h3-4,7-8,13H,1-2,5-6,9-12H2,(H2,17,18,20). The lowest BCUT2D eigenvalue weighted by atomic mass is 10.2. The molecule has 1 saturated heterocycles. The normalized spacial score (nSPS) is 19.5. The SMILES string of the molecule is O=C(Nc1ccccc1N1CCOCC1)NC1CCCC1. The van der Waals surface area contributed by atoms with Gasteiger partial charge in [-0.25, -0.2) is 4.79 Å². The molecular formula is C16H23N3O2. The first kappa shape index (κ1) is 14.2. The summed E-state index contributed by atoms with van der Waals surface area (Å²) >= 11 is 0. The molecule has 2 fully saturated rings. The highest BCUT2D eigenvalue weighted by Crippen LogP contribution is 2.26. The van der Waals surface area contributed by atoms with Gasteiger partial charge in [-0.1, -0.05) is 25.0 Å². The molecule has 0 bridgehead atoms. The van der Waals surface area contributed by atoms with Crippen LogP contribution in [0.2, 0.25) is 0 Å². The monoisotopic (exact) mass is 289 g/mol. The third-order valence-electron chi connectivity index (χ3n) is 4.19. The van der Waals surface area contributed by atoms with Crippen molar-refractivity contribution in [2.24, 2.45) is 0 Å². The predicted octanol–water partition coefficient (Wildman–Crippen LogP) is 2.59. The zero-order valence-electron chi connectivity index (χ0n) is 12.3. The van der Waals surface area contributed by atoms with Crippen molar-refractivity contribution in [3.05, 3.63) is 24.3 Å². The largest absolute Gasteiger partial charge is 0.378 e. The summed E-state index contributed by atoms with van der Waals surface area (Å²) in [5, 5.41) is 6.07. The van der Waals surface area contributed by atoms with E-state index in [-0.39, 0.29) is 6.03 Å². The number of nitrogens with one attached hydrogen (secondary N) is 2. The van der Waals surface area contributed by atoms with Gasteiger partial charge in [0.25, 0.3) is 0 Å². The van der Waals surface area contributed by atoms with Crippen LogP contribution in [0.5, 0.6) is 0 Å². The van der Waals surface area contributed by atoms with Gasteiger partial charge in [-0.05, 0) is 25.0 Å². The summed E-state index contributed by atoms with van der Waals surface area (Å²) in [6, 6.07) is 8.21. The Kier molecular flexibility index (Phi) is 4.60. The highest BCUT2D eigenvalue weighted by Gasteiger charge is 2.19. The molecule has 1 aliphatic heterocycles. The van der Waals surface area contributed by atoms with Crippen LogP contribution in [0.25, 0.3) is 0 Å². The van der Waals surface area contributed by atoms with Crippen LogP contribution in [0.15, 0.2) is 24.3 Å². The molecule has 114 valence electrons. The van der Waals surface area contributed by atoms with Crippen molar-refractivity contribution in [2.75, 3.05) is 36.5 Å². The number of carbonyl (C=O) groups excluding carboxylic acids is 1. The molecule has 0 radical (unpaired) electrons. The third kappa shape index (κ3) is 3.67. The minimum atomic E-state index is -0.0948. The Morgan fingerprint density at radius 2 is 1.86 bits per heavy atom. The molecule has 1 aromatic rings. The number of hydrogen-bond acceptors (Lipinski definition) is 3. The van der Waals surface area contributed by atoms with E-state index in [0.717, 1.165) is 50.5 Å². The lowest BCUT2D eigenvalue weighted by Crippen LogP contribution is -2.38. The van der Waals surface area contributed by atoms with E-state index in [1.165, 1.54) is 12.8 Å². The summed E-state index contributed by atoms with van der Waals surface area (Å²) < 4.78 is 5.39. The molecule has 1 aliphatic carbocycles. The summed E-state index contributed by atoms with van der Waals surface area (Å²) in [5.74, 6) is 0. The van der Waals surface area contributed by atoms with E-state index >= 15 is 0 Å². The van der Waals surface area contributed by atoms with Gasteiger partial charge in [-0.15, -0.1) is 0 Å². The predicted molar refractivity (Wildman–Crippen MR) is 83.9 cm³/mol. The first-order chi connectivity index (χ1) is 10.3. The molecule has 21 heavy (non-hydrogen) atoms. The van der Waals surface area contributed by atoms with Crippen LogP contribution in [0, 0.1) is 0 Å². The van der Waals surface area contributed by atoms with E-state index in [1.807, 2.05) is 18.2 Å². The fourth-order valence-electron chi connectivity index (χ4n) is 3.07. The Morgan fingerprint density at radius 1 is 1.14 bits per heavy atom. The lowest BCUT2D eigenvalue weighted by Gasteiger charge is -2.30. The average molecular weight is 289 g/mol. The molecule has 0 unspecified atom stereocenters. The number of hydrogen-bond donors (Lipinski definition) is 2. The van der Waals surface area contributed by atoms with Crippen molar-refractivity contribution in [1.82, 2.24) is 5.32 Å². The van der Waals surface area contributed by atoms with Gasteiger partial charge in [0.05, 0.1) is 24.6 Å². The molecule has 2 N–H and O–H groups in total. The second-order valence-corrected chi connectivity index (χ2v) is 5.70. The van der Waals surface area contributed by atoms with Crippen LogP contribution < -0.4 is 15.5 Å². The molecular weight excluding hydrogens is 266 g/mol. The smallest absolute Gasteiger partial charge is 0.319 e. The number of morpholine rings is 1. The summed E-state index contributed by atoms with van der Waals surface area (Å²) in [5.41, 5.74) is 1.94. The number of anilines is 2. The van der Waals surface area contributed by atoms with Crippen LogP contribution in [-0.4, -0.2) is 38.4 Å². The van der Waals surface area contributed by atoms with Gasteiger partial charge in [0.1, 0.15) is 0 Å². The molecule has 3 rings (SSSR count). The van der Waals surface area contributed by atoms with Crippen LogP contribution >= 0.6 is 0 Å². The van der Waals surface area contributed by atoms with Gasteiger partial charge in [0.2, 0.25) is 0 Å². The Hall–Kier alpha value is -1.75. The maximum Gasteiger partial charge on any atom is 0.319 e. The first-order valence-corrected chi connectivity index (χ1v) is 7.82. The molecule has 5 nitrogen and oxygen atoms in total. The van der Waals surface area contributed by atoms with Gasteiger partial charge < -0.3 is 20.3 Å². The second-order valence-electron chi connectivity index (χ2n) is 5.70. The second kappa shape index (κ2) is 6.80. The molecule has 1 heterocycles.